The summed E-state index contributed by atoms with van der Waals surface area (Å²) >= 11 is 10.6. The quantitative estimate of drug-likeness (QED) is 0.0375. The lowest BCUT2D eigenvalue weighted by molar-refractivity contribution is 0.304. The Labute approximate surface area is 474 Å². The highest BCUT2D eigenvalue weighted by atomic mass is 79.9. The van der Waals surface area contributed by atoms with Gasteiger partial charge in [-0.2, -0.15) is 0 Å². The van der Waals surface area contributed by atoms with Crippen LogP contribution in [-0.4, -0.2) is 62.4 Å². The molecule has 9 rings (SSSR count). The van der Waals surface area contributed by atoms with E-state index in [0.717, 1.165) is 154 Å². The molecule has 0 saturated carbocycles. The van der Waals surface area contributed by atoms with Gasteiger partial charge in [-0.15, -0.1) is 0 Å². The monoisotopic (exact) mass is 1210 g/mol. The average molecular weight is 1210 g/mol. The van der Waals surface area contributed by atoms with Gasteiger partial charge in [0.25, 0.3) is 0 Å². The molecule has 0 fully saturated rings. The predicted molar refractivity (Wildman–Crippen MR) is 330 cm³/mol. The second-order valence-electron chi connectivity index (χ2n) is 19.3. The molecule has 11 heteroatoms. The van der Waals surface area contributed by atoms with Crippen LogP contribution in [0.15, 0.2) is 121 Å². The van der Waals surface area contributed by atoms with Crippen LogP contribution >= 0.6 is 47.8 Å². The number of nitrogens with one attached hydrogen (secondary N) is 2. The van der Waals surface area contributed by atoms with Gasteiger partial charge in [-0.1, -0.05) is 161 Å². The maximum Gasteiger partial charge on any atom is 0.119 e. The summed E-state index contributed by atoms with van der Waals surface area (Å²) in [4.78, 5) is 18.9. The summed E-state index contributed by atoms with van der Waals surface area (Å²) in [5.41, 5.74) is 15.0. The van der Waals surface area contributed by atoms with E-state index in [4.69, 9.17) is 28.9 Å². The standard InChI is InChI=1S/C65H69Br3N4O4/c1-2-3-4-5-6-7-8-9-10-11-42-73-50-23-15-46(16-24-50)62-54-31-33-56(69-54)63(47-17-25-51(26-18-47)74-43-12-39-66)58-35-37-60(71-58)65(49-21-29-53(30-22-49)76-45-14-41-68)61-38-36-59(72-61)64(57-34-32-55(62)70-57)48-19-27-52(28-20-48)75-44-13-40-67/h15-38,69,72H,2-14,39-45H2,1H3. The highest BCUT2D eigenvalue weighted by Gasteiger charge is 2.20. The van der Waals surface area contributed by atoms with Crippen molar-refractivity contribution < 1.29 is 18.9 Å². The van der Waals surface area contributed by atoms with Crippen molar-refractivity contribution in [2.45, 2.75) is 90.4 Å². The molecule has 0 saturated heterocycles. The molecule has 5 heterocycles. The van der Waals surface area contributed by atoms with Gasteiger partial charge in [0.2, 0.25) is 0 Å². The first-order valence-electron chi connectivity index (χ1n) is 27.3. The Morgan fingerprint density at radius 1 is 0.316 bits per heavy atom. The summed E-state index contributed by atoms with van der Waals surface area (Å²) in [6.45, 7) is 4.90. The van der Waals surface area contributed by atoms with Crippen molar-refractivity contribution in [3.63, 3.8) is 0 Å². The molecule has 4 aromatic carbocycles. The van der Waals surface area contributed by atoms with Gasteiger partial charge < -0.3 is 28.9 Å². The number of hydrogen-bond donors (Lipinski definition) is 2. The maximum atomic E-state index is 6.34. The van der Waals surface area contributed by atoms with Crippen molar-refractivity contribution in [3.8, 4) is 67.5 Å². The fourth-order valence-corrected chi connectivity index (χ4v) is 10.5. The van der Waals surface area contributed by atoms with Gasteiger partial charge in [-0.25, -0.2) is 9.97 Å². The minimum Gasteiger partial charge on any atom is -0.494 e. The average Bonchev–Trinajstić information content (AvgIpc) is 4.31. The number of benzene rings is 4. The molecular formula is C65H69Br3N4O4. The number of aromatic amines is 2. The summed E-state index contributed by atoms with van der Waals surface area (Å²) in [6, 6.07) is 42.2. The van der Waals surface area contributed by atoms with E-state index >= 15 is 0 Å². The molecule has 7 aromatic rings. The molecule has 2 aliphatic heterocycles. The highest BCUT2D eigenvalue weighted by molar-refractivity contribution is 9.09. The van der Waals surface area contributed by atoms with E-state index in [9.17, 15) is 0 Å². The third kappa shape index (κ3) is 14.4. The molecular weight excluding hydrogens is 1140 g/mol. The van der Waals surface area contributed by atoms with Crippen LogP contribution in [0.4, 0.5) is 0 Å². The van der Waals surface area contributed by atoms with E-state index in [1.165, 1.54) is 57.8 Å². The van der Waals surface area contributed by atoms with Crippen molar-refractivity contribution in [3.05, 3.63) is 144 Å². The molecule has 2 aliphatic rings. The zero-order valence-corrected chi connectivity index (χ0v) is 48.4. The Balaban J connectivity index is 1.18. The fourth-order valence-electron chi connectivity index (χ4n) is 9.80. The Hall–Kier alpha value is -5.88. The lowest BCUT2D eigenvalue weighted by atomic mass is 10.0. The van der Waals surface area contributed by atoms with E-state index in [1.807, 2.05) is 12.1 Å². The molecule has 0 aliphatic carbocycles. The summed E-state index contributed by atoms with van der Waals surface area (Å²) < 4.78 is 24.7. The Morgan fingerprint density at radius 3 is 0.829 bits per heavy atom. The van der Waals surface area contributed by atoms with Crippen LogP contribution in [0.3, 0.4) is 0 Å². The van der Waals surface area contributed by atoms with Gasteiger partial charge in [0.05, 0.1) is 49.2 Å². The van der Waals surface area contributed by atoms with E-state index in [0.29, 0.717) is 26.4 Å². The van der Waals surface area contributed by atoms with Crippen LogP contribution in [0.5, 0.6) is 23.0 Å². The molecule has 2 N–H and O–H groups in total. The number of ether oxygens (including phenoxy) is 4. The van der Waals surface area contributed by atoms with E-state index < -0.39 is 0 Å². The number of alkyl halides is 3. The molecule has 0 radical (unpaired) electrons. The van der Waals surface area contributed by atoms with Crippen LogP contribution < -0.4 is 18.9 Å². The normalized spacial score (nSPS) is 11.8. The van der Waals surface area contributed by atoms with Gasteiger partial charge in [-0.05, 0) is 145 Å². The molecule has 76 heavy (non-hydrogen) atoms. The Bertz CT molecular complexity index is 3150. The molecule has 394 valence electrons. The van der Waals surface area contributed by atoms with Crippen LogP contribution in [-0.2, 0) is 0 Å². The van der Waals surface area contributed by atoms with Gasteiger partial charge in [0.15, 0.2) is 0 Å². The van der Waals surface area contributed by atoms with Crippen LogP contribution in [0, 0.1) is 0 Å². The Morgan fingerprint density at radius 2 is 0.566 bits per heavy atom. The molecule has 0 unspecified atom stereocenters. The zero-order chi connectivity index (χ0) is 52.3. The van der Waals surface area contributed by atoms with Crippen molar-refractivity contribution in [2.75, 3.05) is 42.4 Å². The number of aromatic nitrogens is 4. The molecule has 8 bridgehead atoms. The first kappa shape index (κ1) is 54.9. The van der Waals surface area contributed by atoms with Crippen molar-refractivity contribution >= 4 is 94.2 Å². The second-order valence-corrected chi connectivity index (χ2v) is 21.7. The number of fused-ring (bicyclic) bond motifs is 8. The fraction of sp³-hybridized carbons (Fsp3) is 0.323. The molecule has 8 nitrogen and oxygen atoms in total. The summed E-state index contributed by atoms with van der Waals surface area (Å²) in [5.74, 6) is 3.35. The number of halogens is 3. The molecule has 0 amide bonds. The van der Waals surface area contributed by atoms with E-state index in [1.54, 1.807) is 0 Å². The number of hydrogen-bond acceptors (Lipinski definition) is 6. The van der Waals surface area contributed by atoms with E-state index in [2.05, 4.69) is 198 Å². The third-order valence-corrected chi connectivity index (χ3v) is 15.4. The van der Waals surface area contributed by atoms with Crippen LogP contribution in [0.2, 0.25) is 0 Å². The van der Waals surface area contributed by atoms with Gasteiger partial charge in [0, 0.05) is 60.3 Å². The summed E-state index contributed by atoms with van der Waals surface area (Å²) in [6.07, 6.45) is 24.3. The lowest BCUT2D eigenvalue weighted by Gasteiger charge is -2.10. The zero-order valence-electron chi connectivity index (χ0n) is 43.7. The molecule has 0 spiro atoms. The molecule has 3 aromatic heterocycles. The maximum absolute atomic E-state index is 6.34. The minimum absolute atomic E-state index is 0.637. The molecule has 0 atom stereocenters. The van der Waals surface area contributed by atoms with Crippen molar-refractivity contribution in [1.29, 1.82) is 0 Å². The lowest BCUT2D eigenvalue weighted by Crippen LogP contribution is -1.97. The van der Waals surface area contributed by atoms with Crippen molar-refractivity contribution in [2.24, 2.45) is 0 Å². The second kappa shape index (κ2) is 28.5. The van der Waals surface area contributed by atoms with E-state index in [-0.39, 0.29) is 0 Å². The topological polar surface area (TPSA) is 94.3 Å². The number of nitrogens with zero attached hydrogens (tertiary/aromatic N) is 2. The van der Waals surface area contributed by atoms with Gasteiger partial charge >= 0.3 is 0 Å². The third-order valence-electron chi connectivity index (χ3n) is 13.7. The number of rotatable bonds is 28. The highest BCUT2D eigenvalue weighted by Crippen LogP contribution is 2.40. The minimum atomic E-state index is 0.637. The SMILES string of the molecule is CCCCCCCCCCCCOc1ccc(-c2c3nc(c(-c4ccc(OCCCBr)cc4)c4ccc([nH]4)c(-c4ccc(OCCCBr)cc4)c4nc(c(-c5ccc(OCCCBr)cc5)c5ccc2[nH]5)C=C4)C=C3)cc1. The number of H-pyrrole nitrogens is 2. The van der Waals surface area contributed by atoms with Gasteiger partial charge in [-0.3, -0.25) is 0 Å². The first-order valence-corrected chi connectivity index (χ1v) is 30.7. The summed E-state index contributed by atoms with van der Waals surface area (Å²) in [5, 5.41) is 2.67. The first-order chi connectivity index (χ1) is 37.5. The van der Waals surface area contributed by atoms with Gasteiger partial charge in [0.1, 0.15) is 23.0 Å². The predicted octanol–water partition coefficient (Wildman–Crippen LogP) is 19.1. The largest absolute Gasteiger partial charge is 0.494 e. The van der Waals surface area contributed by atoms with Crippen LogP contribution in [0.1, 0.15) is 113 Å². The van der Waals surface area contributed by atoms with Crippen molar-refractivity contribution in [1.82, 2.24) is 19.9 Å². The Kier molecular flexibility index (Phi) is 20.6. The summed E-state index contributed by atoms with van der Waals surface area (Å²) in [7, 11) is 0. The van der Waals surface area contributed by atoms with Crippen LogP contribution in [0.25, 0.3) is 90.9 Å². The smallest absolute Gasteiger partial charge is 0.119 e. The number of unbranched alkanes of at least 4 members (excludes halogenated alkanes) is 9.